The number of hydrogen-bond acceptors (Lipinski definition) is 3. The van der Waals surface area contributed by atoms with Crippen LogP contribution in [0.4, 0.5) is 0 Å². The van der Waals surface area contributed by atoms with Crippen molar-refractivity contribution in [3.8, 4) is 5.75 Å². The van der Waals surface area contributed by atoms with E-state index in [0.29, 0.717) is 34.3 Å². The van der Waals surface area contributed by atoms with Crippen molar-refractivity contribution < 1.29 is 14.3 Å². The zero-order valence-electron chi connectivity index (χ0n) is 17.6. The average Bonchev–Trinajstić information content (AvgIpc) is 2.73. The van der Waals surface area contributed by atoms with Gasteiger partial charge < -0.3 is 15.0 Å². The molecule has 0 spiro atoms. The van der Waals surface area contributed by atoms with Crippen LogP contribution >= 0.6 is 23.2 Å². The minimum Gasteiger partial charge on any atom is -0.484 e. The van der Waals surface area contributed by atoms with Crippen LogP contribution in [0, 0.1) is 6.92 Å². The molecular weight excluding hydrogens is 423 g/mol. The maximum atomic E-state index is 13.2. The third kappa shape index (κ3) is 6.38. The van der Waals surface area contributed by atoms with Gasteiger partial charge in [-0.25, -0.2) is 0 Å². The highest BCUT2D eigenvalue weighted by Gasteiger charge is 2.30. The van der Waals surface area contributed by atoms with Gasteiger partial charge in [-0.3, -0.25) is 9.59 Å². The number of carbonyl (C=O) groups is 2. The molecule has 0 bridgehead atoms. The Balaban J connectivity index is 2.27. The molecule has 5 nitrogen and oxygen atoms in total. The number of carbonyl (C=O) groups excluding carboxylic acids is 2. The summed E-state index contributed by atoms with van der Waals surface area (Å²) in [6, 6.07) is 12.0. The fraction of sp³-hybridized carbons (Fsp3) is 0.391. The molecule has 2 rings (SSSR count). The van der Waals surface area contributed by atoms with Gasteiger partial charge in [-0.15, -0.1) is 0 Å². The summed E-state index contributed by atoms with van der Waals surface area (Å²) in [4.78, 5) is 27.4. The Labute approximate surface area is 188 Å². The number of halogens is 2. The molecule has 0 heterocycles. The second kappa shape index (κ2) is 11.8. The first-order valence-corrected chi connectivity index (χ1v) is 10.8. The van der Waals surface area contributed by atoms with Gasteiger partial charge >= 0.3 is 0 Å². The van der Waals surface area contributed by atoms with E-state index in [1.807, 2.05) is 45.0 Å². The fourth-order valence-corrected chi connectivity index (χ4v) is 3.60. The van der Waals surface area contributed by atoms with Gasteiger partial charge in [-0.1, -0.05) is 61.3 Å². The third-order valence-corrected chi connectivity index (χ3v) is 5.48. The van der Waals surface area contributed by atoms with E-state index in [1.165, 1.54) is 4.90 Å². The molecule has 1 N–H and O–H groups in total. The van der Waals surface area contributed by atoms with Crippen LogP contribution in [0.15, 0.2) is 42.5 Å². The van der Waals surface area contributed by atoms with Crippen LogP contribution in [0.3, 0.4) is 0 Å². The molecule has 30 heavy (non-hydrogen) atoms. The van der Waals surface area contributed by atoms with E-state index < -0.39 is 6.04 Å². The van der Waals surface area contributed by atoms with Crippen LogP contribution < -0.4 is 10.1 Å². The number of nitrogens with zero attached hydrogens (tertiary/aromatic N) is 1. The molecule has 0 fully saturated rings. The number of para-hydroxylation sites is 1. The van der Waals surface area contributed by atoms with Gasteiger partial charge in [-0.05, 0) is 43.5 Å². The number of nitrogens with one attached hydrogen (secondary N) is 1. The van der Waals surface area contributed by atoms with E-state index in [1.54, 1.807) is 18.2 Å². The predicted octanol–water partition coefficient (Wildman–Crippen LogP) is 5.01. The second-order valence-electron chi connectivity index (χ2n) is 6.99. The number of hydrogen-bond donors (Lipinski definition) is 1. The van der Waals surface area contributed by atoms with Crippen LogP contribution in [0.2, 0.25) is 10.0 Å². The van der Waals surface area contributed by atoms with Crippen LogP contribution in [0.25, 0.3) is 0 Å². The maximum Gasteiger partial charge on any atom is 0.261 e. The van der Waals surface area contributed by atoms with Crippen molar-refractivity contribution in [3.05, 3.63) is 63.6 Å². The molecule has 2 amide bonds. The van der Waals surface area contributed by atoms with Gasteiger partial charge in [0.2, 0.25) is 5.91 Å². The van der Waals surface area contributed by atoms with E-state index in [4.69, 9.17) is 27.9 Å². The zero-order valence-corrected chi connectivity index (χ0v) is 19.1. The van der Waals surface area contributed by atoms with E-state index in [9.17, 15) is 9.59 Å². The van der Waals surface area contributed by atoms with E-state index in [2.05, 4.69) is 5.32 Å². The molecule has 2 aromatic carbocycles. The Morgan fingerprint density at radius 3 is 2.33 bits per heavy atom. The van der Waals surface area contributed by atoms with E-state index in [0.717, 1.165) is 12.0 Å². The number of aryl methyl sites for hydroxylation is 1. The van der Waals surface area contributed by atoms with Crippen molar-refractivity contribution in [3.63, 3.8) is 0 Å². The first kappa shape index (κ1) is 24.0. The van der Waals surface area contributed by atoms with Crippen LogP contribution in [-0.4, -0.2) is 35.9 Å². The van der Waals surface area contributed by atoms with Crippen molar-refractivity contribution in [2.24, 2.45) is 0 Å². The molecule has 0 saturated heterocycles. The standard InChI is InChI=1S/C23H28Cl2N2O3/c1-4-13-26-23(29)20(5-2)27(14-17-18(24)10-8-11-19(17)25)22(28)15-30-21-12-7-6-9-16(21)3/h6-12,20H,4-5,13-15H2,1-3H3,(H,26,29)/t20-/m1/s1. The van der Waals surface area contributed by atoms with Crippen molar-refractivity contribution in [2.75, 3.05) is 13.2 Å². The van der Waals surface area contributed by atoms with Gasteiger partial charge in [0.1, 0.15) is 11.8 Å². The average molecular weight is 451 g/mol. The molecule has 0 unspecified atom stereocenters. The van der Waals surface area contributed by atoms with Gasteiger partial charge in [0.25, 0.3) is 5.91 Å². The summed E-state index contributed by atoms with van der Waals surface area (Å²) in [5.74, 6) is 0.115. The molecule has 2 aromatic rings. The van der Waals surface area contributed by atoms with E-state index in [-0.39, 0.29) is 25.0 Å². The number of rotatable bonds is 10. The first-order valence-electron chi connectivity index (χ1n) is 10.1. The molecule has 0 aliphatic rings. The van der Waals surface area contributed by atoms with Gasteiger partial charge in [0, 0.05) is 28.7 Å². The lowest BCUT2D eigenvalue weighted by atomic mass is 10.1. The van der Waals surface area contributed by atoms with Crippen molar-refractivity contribution in [1.29, 1.82) is 0 Å². The number of amides is 2. The zero-order chi connectivity index (χ0) is 22.1. The second-order valence-corrected chi connectivity index (χ2v) is 7.81. The summed E-state index contributed by atoms with van der Waals surface area (Å²) in [5, 5.41) is 3.77. The largest absolute Gasteiger partial charge is 0.484 e. The molecule has 0 saturated carbocycles. The Morgan fingerprint density at radius 2 is 1.73 bits per heavy atom. The number of ether oxygens (including phenoxy) is 1. The van der Waals surface area contributed by atoms with Gasteiger partial charge in [0.15, 0.2) is 6.61 Å². The van der Waals surface area contributed by atoms with E-state index >= 15 is 0 Å². The summed E-state index contributed by atoms with van der Waals surface area (Å²) in [6.45, 7) is 6.23. The van der Waals surface area contributed by atoms with Crippen molar-refractivity contribution in [1.82, 2.24) is 10.2 Å². The Hall–Kier alpha value is -2.24. The molecule has 0 aliphatic heterocycles. The molecule has 1 atom stereocenters. The molecule has 162 valence electrons. The number of benzene rings is 2. The molecular formula is C23H28Cl2N2O3. The van der Waals surface area contributed by atoms with Gasteiger partial charge in [0.05, 0.1) is 0 Å². The van der Waals surface area contributed by atoms with Crippen molar-refractivity contribution in [2.45, 2.75) is 46.2 Å². The van der Waals surface area contributed by atoms with Gasteiger partial charge in [-0.2, -0.15) is 0 Å². The molecule has 0 radical (unpaired) electrons. The molecule has 0 aromatic heterocycles. The third-order valence-electron chi connectivity index (χ3n) is 4.77. The predicted molar refractivity (Wildman–Crippen MR) is 121 cm³/mol. The first-order chi connectivity index (χ1) is 14.4. The normalized spacial score (nSPS) is 11.6. The quantitative estimate of drug-likeness (QED) is 0.552. The summed E-state index contributed by atoms with van der Waals surface area (Å²) < 4.78 is 5.74. The lowest BCUT2D eigenvalue weighted by Crippen LogP contribution is -2.50. The van der Waals surface area contributed by atoms with Crippen molar-refractivity contribution >= 4 is 35.0 Å². The Morgan fingerprint density at radius 1 is 1.07 bits per heavy atom. The molecule has 0 aliphatic carbocycles. The topological polar surface area (TPSA) is 58.6 Å². The highest BCUT2D eigenvalue weighted by Crippen LogP contribution is 2.27. The van der Waals surface area contributed by atoms with Crippen LogP contribution in [0.1, 0.15) is 37.8 Å². The van der Waals surface area contributed by atoms with Crippen LogP contribution in [-0.2, 0) is 16.1 Å². The monoisotopic (exact) mass is 450 g/mol. The fourth-order valence-electron chi connectivity index (χ4n) is 3.08. The minimum absolute atomic E-state index is 0.118. The summed E-state index contributed by atoms with van der Waals surface area (Å²) in [6.07, 6.45) is 1.26. The van der Waals surface area contributed by atoms with Crippen LogP contribution in [0.5, 0.6) is 5.75 Å². The lowest BCUT2D eigenvalue weighted by molar-refractivity contribution is -0.143. The minimum atomic E-state index is -0.656. The smallest absolute Gasteiger partial charge is 0.261 e. The lowest BCUT2D eigenvalue weighted by Gasteiger charge is -2.31. The maximum absolute atomic E-state index is 13.2. The summed E-state index contributed by atoms with van der Waals surface area (Å²) in [7, 11) is 0. The highest BCUT2D eigenvalue weighted by atomic mass is 35.5. The summed E-state index contributed by atoms with van der Waals surface area (Å²) >= 11 is 12.7. The SMILES string of the molecule is CCCNC(=O)[C@@H](CC)N(Cc1c(Cl)cccc1Cl)C(=O)COc1ccccc1C. The Bertz CT molecular complexity index is 853. The summed E-state index contributed by atoms with van der Waals surface area (Å²) in [5.41, 5.74) is 1.53. The molecule has 7 heteroatoms. The highest BCUT2D eigenvalue weighted by molar-refractivity contribution is 6.36. The Kier molecular flexibility index (Phi) is 9.47.